The summed E-state index contributed by atoms with van der Waals surface area (Å²) in [4.78, 5) is 11.9. The highest BCUT2D eigenvalue weighted by atomic mass is 16.5. The normalized spacial score (nSPS) is 20.7. The fraction of sp³-hybridized carbons (Fsp3) is 0.500. The van der Waals surface area contributed by atoms with Crippen molar-refractivity contribution in [1.29, 1.82) is 0 Å². The van der Waals surface area contributed by atoms with E-state index in [1.54, 1.807) is 0 Å². The maximum atomic E-state index is 11.9. The van der Waals surface area contributed by atoms with Crippen LogP contribution >= 0.6 is 0 Å². The van der Waals surface area contributed by atoms with Crippen molar-refractivity contribution in [3.8, 4) is 0 Å². The Morgan fingerprint density at radius 1 is 1.50 bits per heavy atom. The van der Waals surface area contributed by atoms with E-state index in [1.165, 1.54) is 0 Å². The number of aryl methyl sites for hydroxylation is 1. The zero-order chi connectivity index (χ0) is 13.0. The number of ether oxygens (including phenoxy) is 1. The van der Waals surface area contributed by atoms with Crippen molar-refractivity contribution in [2.24, 2.45) is 11.7 Å². The summed E-state index contributed by atoms with van der Waals surface area (Å²) in [5.41, 5.74) is 7.94. The van der Waals surface area contributed by atoms with Gasteiger partial charge in [0.25, 0.3) is 0 Å². The van der Waals surface area contributed by atoms with Gasteiger partial charge >= 0.3 is 0 Å². The Morgan fingerprint density at radius 3 is 2.83 bits per heavy atom. The van der Waals surface area contributed by atoms with Gasteiger partial charge in [0.05, 0.1) is 6.61 Å². The van der Waals surface area contributed by atoms with Crippen LogP contribution in [0.1, 0.15) is 23.6 Å². The molecule has 1 saturated heterocycles. The van der Waals surface area contributed by atoms with E-state index < -0.39 is 6.04 Å². The fourth-order valence-corrected chi connectivity index (χ4v) is 2.02. The average molecular weight is 248 g/mol. The summed E-state index contributed by atoms with van der Waals surface area (Å²) in [5, 5.41) is 2.89. The van der Waals surface area contributed by atoms with E-state index in [2.05, 4.69) is 5.32 Å². The summed E-state index contributed by atoms with van der Waals surface area (Å²) in [6, 6.07) is 7.14. The Labute approximate surface area is 108 Å². The monoisotopic (exact) mass is 248 g/mol. The molecule has 0 spiro atoms. The minimum Gasteiger partial charge on any atom is -0.381 e. The van der Waals surface area contributed by atoms with E-state index in [9.17, 15) is 4.79 Å². The van der Waals surface area contributed by atoms with E-state index in [4.69, 9.17) is 10.5 Å². The number of carbonyl (C=O) groups is 1. The number of benzene rings is 1. The maximum absolute atomic E-state index is 11.9. The smallest absolute Gasteiger partial charge is 0.241 e. The molecule has 0 radical (unpaired) electrons. The quantitative estimate of drug-likeness (QED) is 0.840. The molecule has 1 aliphatic rings. The van der Waals surface area contributed by atoms with Crippen LogP contribution in [0.15, 0.2) is 24.3 Å². The third-order valence-corrected chi connectivity index (χ3v) is 3.31. The Bertz CT molecular complexity index is 397. The first kappa shape index (κ1) is 13.1. The Hall–Kier alpha value is -1.39. The molecule has 4 nitrogen and oxygen atoms in total. The van der Waals surface area contributed by atoms with Crippen molar-refractivity contribution in [3.63, 3.8) is 0 Å². The largest absolute Gasteiger partial charge is 0.381 e. The summed E-state index contributed by atoms with van der Waals surface area (Å²) in [6.07, 6.45) is 1.01. The van der Waals surface area contributed by atoms with Gasteiger partial charge in [0.15, 0.2) is 0 Å². The highest BCUT2D eigenvalue weighted by molar-refractivity contribution is 5.82. The summed E-state index contributed by atoms with van der Waals surface area (Å²) < 4.78 is 5.27. The van der Waals surface area contributed by atoms with Gasteiger partial charge < -0.3 is 15.8 Å². The number of rotatable bonds is 4. The van der Waals surface area contributed by atoms with Gasteiger partial charge in [0.1, 0.15) is 6.04 Å². The zero-order valence-corrected chi connectivity index (χ0v) is 10.7. The molecule has 1 amide bonds. The lowest BCUT2D eigenvalue weighted by molar-refractivity contribution is -0.122. The fourth-order valence-electron chi connectivity index (χ4n) is 2.02. The van der Waals surface area contributed by atoms with Crippen LogP contribution < -0.4 is 11.1 Å². The molecule has 0 saturated carbocycles. The lowest BCUT2D eigenvalue weighted by atomic mass is 10.0. The zero-order valence-electron chi connectivity index (χ0n) is 10.7. The van der Waals surface area contributed by atoms with Crippen LogP contribution in [-0.2, 0) is 9.53 Å². The van der Waals surface area contributed by atoms with Crippen molar-refractivity contribution >= 4 is 5.91 Å². The molecule has 1 fully saturated rings. The van der Waals surface area contributed by atoms with Crippen LogP contribution in [0.4, 0.5) is 0 Å². The number of hydrogen-bond donors (Lipinski definition) is 2. The van der Waals surface area contributed by atoms with Gasteiger partial charge in [-0.05, 0) is 18.9 Å². The van der Waals surface area contributed by atoms with Crippen LogP contribution in [0, 0.1) is 12.8 Å². The summed E-state index contributed by atoms with van der Waals surface area (Å²) in [5.74, 6) is 0.310. The molecule has 0 bridgehead atoms. The van der Waals surface area contributed by atoms with E-state index in [1.807, 2.05) is 31.2 Å². The van der Waals surface area contributed by atoms with Crippen LogP contribution in [0.25, 0.3) is 0 Å². The molecule has 0 aromatic heterocycles. The average Bonchev–Trinajstić information content (AvgIpc) is 2.89. The van der Waals surface area contributed by atoms with Crippen LogP contribution in [0.2, 0.25) is 0 Å². The molecule has 1 heterocycles. The number of nitrogens with two attached hydrogens (primary N) is 1. The van der Waals surface area contributed by atoms with Crippen molar-refractivity contribution < 1.29 is 9.53 Å². The molecule has 2 atom stereocenters. The number of amides is 1. The van der Waals surface area contributed by atoms with Crippen molar-refractivity contribution in [2.45, 2.75) is 19.4 Å². The molecular weight excluding hydrogens is 228 g/mol. The minimum atomic E-state index is -0.590. The Balaban J connectivity index is 1.85. The van der Waals surface area contributed by atoms with E-state index in [-0.39, 0.29) is 5.91 Å². The second kappa shape index (κ2) is 5.98. The molecule has 4 heteroatoms. The topological polar surface area (TPSA) is 64.4 Å². The van der Waals surface area contributed by atoms with Crippen molar-refractivity contribution in [1.82, 2.24) is 5.32 Å². The molecule has 1 aromatic carbocycles. The predicted octanol–water partition coefficient (Wildman–Crippen LogP) is 1.15. The molecular formula is C14H20N2O2. The second-order valence-corrected chi connectivity index (χ2v) is 4.86. The summed E-state index contributed by atoms with van der Waals surface area (Å²) in [7, 11) is 0. The van der Waals surface area contributed by atoms with Crippen molar-refractivity contribution in [3.05, 3.63) is 35.4 Å². The van der Waals surface area contributed by atoms with Crippen LogP contribution in [0.5, 0.6) is 0 Å². The molecule has 3 N–H and O–H groups in total. The SMILES string of the molecule is Cc1ccc(C(N)C(=O)NCC2CCOC2)cc1. The Morgan fingerprint density at radius 2 is 2.22 bits per heavy atom. The number of hydrogen-bond acceptors (Lipinski definition) is 3. The van der Waals surface area contributed by atoms with E-state index in [0.717, 1.165) is 30.8 Å². The van der Waals surface area contributed by atoms with Gasteiger partial charge in [0.2, 0.25) is 5.91 Å². The second-order valence-electron chi connectivity index (χ2n) is 4.86. The molecule has 98 valence electrons. The van der Waals surface area contributed by atoms with Gasteiger partial charge in [0, 0.05) is 19.1 Å². The number of nitrogens with one attached hydrogen (secondary N) is 1. The lowest BCUT2D eigenvalue weighted by Gasteiger charge is -2.14. The maximum Gasteiger partial charge on any atom is 0.241 e. The van der Waals surface area contributed by atoms with Gasteiger partial charge in [-0.2, -0.15) is 0 Å². The van der Waals surface area contributed by atoms with Gasteiger partial charge in [-0.15, -0.1) is 0 Å². The molecule has 2 rings (SSSR count). The first-order valence-corrected chi connectivity index (χ1v) is 6.34. The summed E-state index contributed by atoms with van der Waals surface area (Å²) in [6.45, 7) is 4.19. The van der Waals surface area contributed by atoms with E-state index in [0.29, 0.717) is 12.5 Å². The van der Waals surface area contributed by atoms with Gasteiger partial charge in [-0.3, -0.25) is 4.79 Å². The third-order valence-electron chi connectivity index (χ3n) is 3.31. The highest BCUT2D eigenvalue weighted by Crippen LogP contribution is 2.13. The van der Waals surface area contributed by atoms with Gasteiger partial charge in [-0.25, -0.2) is 0 Å². The molecule has 1 aliphatic heterocycles. The standard InChI is InChI=1S/C14H20N2O2/c1-10-2-4-12(5-3-10)13(15)14(17)16-8-11-6-7-18-9-11/h2-5,11,13H,6-9,15H2,1H3,(H,16,17). The molecule has 18 heavy (non-hydrogen) atoms. The third kappa shape index (κ3) is 3.31. The predicted molar refractivity (Wildman–Crippen MR) is 70.0 cm³/mol. The van der Waals surface area contributed by atoms with Crippen LogP contribution in [0.3, 0.4) is 0 Å². The Kier molecular flexibility index (Phi) is 4.33. The highest BCUT2D eigenvalue weighted by Gasteiger charge is 2.19. The molecule has 0 aliphatic carbocycles. The number of carbonyl (C=O) groups excluding carboxylic acids is 1. The first-order valence-electron chi connectivity index (χ1n) is 6.34. The molecule has 2 unspecified atom stereocenters. The first-order chi connectivity index (χ1) is 8.66. The minimum absolute atomic E-state index is 0.120. The lowest BCUT2D eigenvalue weighted by Crippen LogP contribution is -2.37. The summed E-state index contributed by atoms with van der Waals surface area (Å²) >= 11 is 0. The van der Waals surface area contributed by atoms with Gasteiger partial charge in [-0.1, -0.05) is 29.8 Å². The van der Waals surface area contributed by atoms with Crippen LogP contribution in [-0.4, -0.2) is 25.7 Å². The molecule has 1 aromatic rings. The van der Waals surface area contributed by atoms with E-state index >= 15 is 0 Å². The van der Waals surface area contributed by atoms with Crippen molar-refractivity contribution in [2.75, 3.05) is 19.8 Å².